The Bertz CT molecular complexity index is 142. The maximum absolute atomic E-state index is 3.54. The molecule has 1 heterocycles. The fourth-order valence-electron chi connectivity index (χ4n) is 2.12. The minimum absolute atomic E-state index is 0.965. The molecule has 0 aromatic carbocycles. The Balaban J connectivity index is 1.83. The van der Waals surface area contributed by atoms with Crippen LogP contribution in [0, 0.1) is 5.92 Å². The van der Waals surface area contributed by atoms with Gasteiger partial charge in [0.25, 0.3) is 0 Å². The van der Waals surface area contributed by atoms with E-state index in [9.17, 15) is 0 Å². The average Bonchev–Trinajstić information content (AvgIpc) is 2.24. The van der Waals surface area contributed by atoms with Crippen molar-refractivity contribution in [1.82, 2.24) is 15.5 Å². The van der Waals surface area contributed by atoms with Crippen molar-refractivity contribution in [3.8, 4) is 0 Å². The second kappa shape index (κ2) is 8.08. The molecule has 1 saturated heterocycles. The molecule has 0 spiro atoms. The van der Waals surface area contributed by atoms with Crippen molar-refractivity contribution < 1.29 is 0 Å². The summed E-state index contributed by atoms with van der Waals surface area (Å²) in [5.74, 6) is 0.965. The first-order valence-electron chi connectivity index (χ1n) is 6.35. The van der Waals surface area contributed by atoms with Gasteiger partial charge in [0.1, 0.15) is 0 Å². The summed E-state index contributed by atoms with van der Waals surface area (Å²) in [6.45, 7) is 6.03. The monoisotopic (exact) mass is 213 g/mol. The first-order chi connectivity index (χ1) is 7.29. The fourth-order valence-corrected chi connectivity index (χ4v) is 2.12. The third-order valence-corrected chi connectivity index (χ3v) is 3.15. The molecule has 3 heteroatoms. The van der Waals surface area contributed by atoms with Gasteiger partial charge < -0.3 is 15.5 Å². The van der Waals surface area contributed by atoms with E-state index >= 15 is 0 Å². The van der Waals surface area contributed by atoms with E-state index in [0.717, 1.165) is 5.92 Å². The number of hydrogen-bond donors (Lipinski definition) is 2. The van der Waals surface area contributed by atoms with Crippen molar-refractivity contribution in [2.24, 2.45) is 5.92 Å². The van der Waals surface area contributed by atoms with Gasteiger partial charge in [-0.25, -0.2) is 0 Å². The molecule has 2 N–H and O–H groups in total. The lowest BCUT2D eigenvalue weighted by atomic mass is 9.95. The molecule has 90 valence electrons. The zero-order valence-corrected chi connectivity index (χ0v) is 10.4. The van der Waals surface area contributed by atoms with Crippen LogP contribution in [0.4, 0.5) is 0 Å². The van der Waals surface area contributed by atoms with Crippen molar-refractivity contribution in [2.75, 3.05) is 46.8 Å². The fraction of sp³-hybridized carbons (Fsp3) is 1.00. The molecule has 1 aliphatic rings. The van der Waals surface area contributed by atoms with E-state index in [-0.39, 0.29) is 0 Å². The number of rotatable bonds is 7. The second-order valence-corrected chi connectivity index (χ2v) is 4.89. The zero-order valence-electron chi connectivity index (χ0n) is 10.4. The summed E-state index contributed by atoms with van der Waals surface area (Å²) in [5, 5.41) is 6.95. The standard InChI is InChI=1S/C12H27N3/c1-15(2)11-3-7-13-8-4-12-5-9-14-10-6-12/h12-14H,3-11H2,1-2H3. The molecular formula is C12H27N3. The van der Waals surface area contributed by atoms with Gasteiger partial charge in [0.15, 0.2) is 0 Å². The Morgan fingerprint density at radius 2 is 1.93 bits per heavy atom. The summed E-state index contributed by atoms with van der Waals surface area (Å²) >= 11 is 0. The summed E-state index contributed by atoms with van der Waals surface area (Å²) in [4.78, 5) is 2.24. The van der Waals surface area contributed by atoms with Gasteiger partial charge in [-0.05, 0) is 78.4 Å². The predicted molar refractivity (Wildman–Crippen MR) is 66.3 cm³/mol. The normalized spacial score (nSPS) is 18.6. The molecule has 0 aliphatic carbocycles. The Kier molecular flexibility index (Phi) is 6.98. The van der Waals surface area contributed by atoms with Crippen molar-refractivity contribution in [1.29, 1.82) is 0 Å². The molecule has 0 unspecified atom stereocenters. The zero-order chi connectivity index (χ0) is 10.9. The maximum atomic E-state index is 3.54. The van der Waals surface area contributed by atoms with Gasteiger partial charge in [0.2, 0.25) is 0 Å². The molecule has 0 amide bonds. The Labute approximate surface area is 94.6 Å². The molecule has 0 atom stereocenters. The van der Waals surface area contributed by atoms with E-state index in [1.54, 1.807) is 0 Å². The topological polar surface area (TPSA) is 27.3 Å². The quantitative estimate of drug-likeness (QED) is 0.616. The van der Waals surface area contributed by atoms with E-state index in [1.807, 2.05) is 0 Å². The van der Waals surface area contributed by atoms with Gasteiger partial charge >= 0.3 is 0 Å². The highest BCUT2D eigenvalue weighted by molar-refractivity contribution is 4.69. The molecule has 0 aromatic heterocycles. The summed E-state index contributed by atoms with van der Waals surface area (Å²) in [7, 11) is 4.27. The Morgan fingerprint density at radius 3 is 2.60 bits per heavy atom. The maximum Gasteiger partial charge on any atom is -0.00127 e. The lowest BCUT2D eigenvalue weighted by Crippen LogP contribution is -2.30. The average molecular weight is 213 g/mol. The van der Waals surface area contributed by atoms with E-state index in [2.05, 4.69) is 29.6 Å². The van der Waals surface area contributed by atoms with E-state index in [0.29, 0.717) is 0 Å². The molecule has 0 bridgehead atoms. The molecule has 15 heavy (non-hydrogen) atoms. The summed E-state index contributed by atoms with van der Waals surface area (Å²) < 4.78 is 0. The highest BCUT2D eigenvalue weighted by Gasteiger charge is 2.11. The first kappa shape index (κ1) is 12.9. The minimum atomic E-state index is 0.965. The van der Waals surface area contributed by atoms with Crippen LogP contribution in [0.5, 0.6) is 0 Å². The van der Waals surface area contributed by atoms with Crippen molar-refractivity contribution in [2.45, 2.75) is 25.7 Å². The lowest BCUT2D eigenvalue weighted by Gasteiger charge is -2.22. The second-order valence-electron chi connectivity index (χ2n) is 4.89. The number of nitrogens with one attached hydrogen (secondary N) is 2. The molecule has 0 saturated carbocycles. The van der Waals surface area contributed by atoms with Gasteiger partial charge in [-0.1, -0.05) is 0 Å². The van der Waals surface area contributed by atoms with Crippen LogP contribution in [-0.4, -0.2) is 51.7 Å². The van der Waals surface area contributed by atoms with Crippen LogP contribution in [0.1, 0.15) is 25.7 Å². The van der Waals surface area contributed by atoms with Gasteiger partial charge in [-0.2, -0.15) is 0 Å². The van der Waals surface area contributed by atoms with E-state index < -0.39 is 0 Å². The van der Waals surface area contributed by atoms with Gasteiger partial charge in [0, 0.05) is 0 Å². The Morgan fingerprint density at radius 1 is 1.20 bits per heavy atom. The number of hydrogen-bond acceptors (Lipinski definition) is 3. The summed E-state index contributed by atoms with van der Waals surface area (Å²) in [6, 6.07) is 0. The largest absolute Gasteiger partial charge is 0.317 e. The summed E-state index contributed by atoms with van der Waals surface area (Å²) in [5.41, 5.74) is 0. The van der Waals surface area contributed by atoms with Crippen LogP contribution >= 0.6 is 0 Å². The molecule has 3 nitrogen and oxygen atoms in total. The van der Waals surface area contributed by atoms with Crippen molar-refractivity contribution in [3.63, 3.8) is 0 Å². The van der Waals surface area contributed by atoms with Gasteiger partial charge in [-0.15, -0.1) is 0 Å². The lowest BCUT2D eigenvalue weighted by molar-refractivity contribution is 0.344. The number of piperidine rings is 1. The van der Waals surface area contributed by atoms with Crippen LogP contribution < -0.4 is 10.6 Å². The smallest absolute Gasteiger partial charge is 0.00127 e. The van der Waals surface area contributed by atoms with Crippen molar-refractivity contribution >= 4 is 0 Å². The van der Waals surface area contributed by atoms with E-state index in [1.165, 1.54) is 58.4 Å². The van der Waals surface area contributed by atoms with E-state index in [4.69, 9.17) is 0 Å². The third kappa shape index (κ3) is 6.88. The molecule has 0 aromatic rings. The predicted octanol–water partition coefficient (Wildman–Crippen LogP) is 0.917. The summed E-state index contributed by atoms with van der Waals surface area (Å²) in [6.07, 6.45) is 5.38. The first-order valence-corrected chi connectivity index (χ1v) is 6.35. The molecule has 0 radical (unpaired) electrons. The van der Waals surface area contributed by atoms with Gasteiger partial charge in [-0.3, -0.25) is 0 Å². The SMILES string of the molecule is CN(C)CCCNCCC1CCNCC1. The van der Waals surface area contributed by atoms with Crippen molar-refractivity contribution in [3.05, 3.63) is 0 Å². The van der Waals surface area contributed by atoms with Crippen LogP contribution in [0.25, 0.3) is 0 Å². The van der Waals surface area contributed by atoms with Crippen LogP contribution in [-0.2, 0) is 0 Å². The molecule has 1 rings (SSSR count). The minimum Gasteiger partial charge on any atom is -0.317 e. The highest BCUT2D eigenvalue weighted by Crippen LogP contribution is 2.14. The van der Waals surface area contributed by atoms with Crippen LogP contribution in [0.3, 0.4) is 0 Å². The third-order valence-electron chi connectivity index (χ3n) is 3.15. The number of nitrogens with zero attached hydrogens (tertiary/aromatic N) is 1. The molecule has 1 aliphatic heterocycles. The van der Waals surface area contributed by atoms with Crippen LogP contribution in [0.15, 0.2) is 0 Å². The van der Waals surface area contributed by atoms with Crippen LogP contribution in [0.2, 0.25) is 0 Å². The highest BCUT2D eigenvalue weighted by atomic mass is 15.0. The molecule has 1 fully saturated rings. The Hall–Kier alpha value is -0.120. The molecular weight excluding hydrogens is 186 g/mol. The van der Waals surface area contributed by atoms with Gasteiger partial charge in [0.05, 0.1) is 0 Å².